The summed E-state index contributed by atoms with van der Waals surface area (Å²) in [5, 5.41) is 19.2. The zero-order valence-corrected chi connectivity index (χ0v) is 16.6. The summed E-state index contributed by atoms with van der Waals surface area (Å²) in [4.78, 5) is 23.5. The lowest BCUT2D eigenvalue weighted by Gasteiger charge is -2.10. The Morgan fingerprint density at radius 2 is 1.00 bits per heavy atom. The lowest BCUT2D eigenvalue weighted by atomic mass is 9.93. The highest BCUT2D eigenvalue weighted by Gasteiger charge is 2.20. The summed E-state index contributed by atoms with van der Waals surface area (Å²) >= 11 is 2.03. The smallest absolute Gasteiger partial charge is 0.336 e. The van der Waals surface area contributed by atoms with Crippen LogP contribution in [-0.2, 0) is 0 Å². The molecule has 0 saturated heterocycles. The van der Waals surface area contributed by atoms with Crippen LogP contribution in [0.25, 0.3) is 44.3 Å². The third-order valence-corrected chi connectivity index (χ3v) is 5.86. The van der Waals surface area contributed by atoms with E-state index in [0.717, 1.165) is 23.5 Å². The maximum absolute atomic E-state index is 11.8. The summed E-state index contributed by atoms with van der Waals surface area (Å²) in [6.07, 6.45) is 0. The Morgan fingerprint density at radius 1 is 0.600 bits per heavy atom. The molecular formula is C20H10N4O4S2. The van der Waals surface area contributed by atoms with E-state index in [1.807, 2.05) is 0 Å². The minimum atomic E-state index is -1.06. The fourth-order valence-corrected chi connectivity index (χ4v) is 4.53. The summed E-state index contributed by atoms with van der Waals surface area (Å²) < 4.78 is 16.9. The van der Waals surface area contributed by atoms with Gasteiger partial charge in [-0.1, -0.05) is 24.3 Å². The van der Waals surface area contributed by atoms with Gasteiger partial charge in [0.15, 0.2) is 0 Å². The first-order valence-corrected chi connectivity index (χ1v) is 10.1. The van der Waals surface area contributed by atoms with Crippen molar-refractivity contribution in [2.45, 2.75) is 0 Å². The molecular weight excluding hydrogens is 424 g/mol. The molecule has 0 spiro atoms. The van der Waals surface area contributed by atoms with E-state index >= 15 is 0 Å². The van der Waals surface area contributed by atoms with E-state index < -0.39 is 11.9 Å². The number of nitrogens with zero attached hydrogens (tertiary/aromatic N) is 4. The van der Waals surface area contributed by atoms with Crippen molar-refractivity contribution >= 4 is 57.5 Å². The summed E-state index contributed by atoms with van der Waals surface area (Å²) in [6.45, 7) is 0. The highest BCUT2D eigenvalue weighted by Crippen LogP contribution is 2.35. The quantitative estimate of drug-likeness (QED) is 0.425. The van der Waals surface area contributed by atoms with E-state index in [9.17, 15) is 19.8 Å². The van der Waals surface area contributed by atoms with Crippen LogP contribution < -0.4 is 0 Å². The van der Waals surface area contributed by atoms with Crippen LogP contribution in [0.1, 0.15) is 20.7 Å². The molecule has 0 bridgehead atoms. The molecule has 0 aliphatic carbocycles. The first kappa shape index (κ1) is 18.3. The lowest BCUT2D eigenvalue weighted by molar-refractivity contribution is 0.0687. The van der Waals surface area contributed by atoms with Gasteiger partial charge >= 0.3 is 11.9 Å². The molecule has 2 heterocycles. The SMILES string of the molecule is O=C(O)c1ccc2nsnc2c1-c1ccc(-c2c(C(=O)O)ccc3nsnc23)cc1. The van der Waals surface area contributed by atoms with Gasteiger partial charge in [0, 0.05) is 11.1 Å². The molecule has 2 aromatic heterocycles. The second kappa shape index (κ2) is 6.94. The molecule has 3 aromatic carbocycles. The number of carbonyl (C=O) groups is 2. The molecule has 5 aromatic rings. The predicted molar refractivity (Wildman–Crippen MR) is 113 cm³/mol. The molecule has 0 amide bonds. The largest absolute Gasteiger partial charge is 0.478 e. The topological polar surface area (TPSA) is 126 Å². The van der Waals surface area contributed by atoms with E-state index in [1.54, 1.807) is 36.4 Å². The fraction of sp³-hybridized carbons (Fsp3) is 0. The monoisotopic (exact) mass is 434 g/mol. The van der Waals surface area contributed by atoms with E-state index in [1.165, 1.54) is 12.1 Å². The number of aromatic carboxylic acids is 2. The summed E-state index contributed by atoms with van der Waals surface area (Å²) in [6, 6.07) is 13.3. The highest BCUT2D eigenvalue weighted by molar-refractivity contribution is 7.00. The van der Waals surface area contributed by atoms with Crippen LogP contribution in [0, 0.1) is 0 Å². The van der Waals surface area contributed by atoms with Gasteiger partial charge in [-0.2, -0.15) is 17.5 Å². The van der Waals surface area contributed by atoms with Gasteiger partial charge in [-0.15, -0.1) is 0 Å². The van der Waals surface area contributed by atoms with Crippen LogP contribution >= 0.6 is 23.5 Å². The molecule has 0 fully saturated rings. The third-order valence-electron chi connectivity index (χ3n) is 4.78. The molecule has 0 aliphatic rings. The molecule has 146 valence electrons. The van der Waals surface area contributed by atoms with Gasteiger partial charge in [-0.25, -0.2) is 9.59 Å². The molecule has 5 rings (SSSR count). The van der Waals surface area contributed by atoms with Crippen LogP contribution in [0.15, 0.2) is 48.5 Å². The summed E-state index contributed by atoms with van der Waals surface area (Å²) in [7, 11) is 0. The third kappa shape index (κ3) is 2.81. The van der Waals surface area contributed by atoms with Crippen molar-refractivity contribution in [3.05, 3.63) is 59.7 Å². The standard InChI is InChI=1S/C20H10N4O4S2/c25-19(26)11-5-7-13-17(23-29-21-13)15(11)9-1-2-10(4-3-9)16-12(20(27)28)6-8-14-18(16)24-30-22-14/h1-8H,(H,25,26)(H,27,28). The Hall–Kier alpha value is -3.76. The molecule has 30 heavy (non-hydrogen) atoms. The maximum atomic E-state index is 11.8. The molecule has 0 aliphatic heterocycles. The van der Waals surface area contributed by atoms with Crippen molar-refractivity contribution in [2.24, 2.45) is 0 Å². The minimum Gasteiger partial charge on any atom is -0.478 e. The Balaban J connectivity index is 1.71. The van der Waals surface area contributed by atoms with E-state index in [2.05, 4.69) is 17.5 Å². The van der Waals surface area contributed by atoms with Crippen LogP contribution in [0.4, 0.5) is 0 Å². The van der Waals surface area contributed by atoms with Crippen molar-refractivity contribution < 1.29 is 19.8 Å². The number of rotatable bonds is 4. The Bertz CT molecular complexity index is 1350. The first-order valence-electron chi connectivity index (χ1n) is 8.62. The van der Waals surface area contributed by atoms with Gasteiger partial charge < -0.3 is 10.2 Å². The van der Waals surface area contributed by atoms with Crippen LogP contribution in [0.3, 0.4) is 0 Å². The van der Waals surface area contributed by atoms with Gasteiger partial charge in [-0.05, 0) is 35.4 Å². The van der Waals surface area contributed by atoms with Crippen molar-refractivity contribution in [2.75, 3.05) is 0 Å². The molecule has 8 nitrogen and oxygen atoms in total. The van der Waals surface area contributed by atoms with E-state index in [0.29, 0.717) is 44.3 Å². The Morgan fingerprint density at radius 3 is 1.37 bits per heavy atom. The Kier molecular flexibility index (Phi) is 4.23. The Labute approximate surface area is 176 Å². The van der Waals surface area contributed by atoms with Crippen molar-refractivity contribution in [1.29, 1.82) is 0 Å². The van der Waals surface area contributed by atoms with Gasteiger partial charge in [0.25, 0.3) is 0 Å². The van der Waals surface area contributed by atoms with Crippen LogP contribution in [-0.4, -0.2) is 39.6 Å². The molecule has 0 radical (unpaired) electrons. The second-order valence-electron chi connectivity index (χ2n) is 6.43. The highest BCUT2D eigenvalue weighted by atomic mass is 32.1. The molecule has 0 atom stereocenters. The summed E-state index contributed by atoms with van der Waals surface area (Å²) in [5.74, 6) is -2.12. The number of carboxylic acids is 2. The van der Waals surface area contributed by atoms with Gasteiger partial charge in [0.05, 0.1) is 34.6 Å². The number of hydrogen-bond acceptors (Lipinski definition) is 8. The van der Waals surface area contributed by atoms with Crippen molar-refractivity contribution in [1.82, 2.24) is 17.5 Å². The number of hydrogen-bond donors (Lipinski definition) is 2. The molecule has 0 unspecified atom stereocenters. The second-order valence-corrected chi connectivity index (χ2v) is 7.48. The predicted octanol–water partition coefficient (Wildman–Crippen LogP) is 4.43. The van der Waals surface area contributed by atoms with E-state index in [4.69, 9.17) is 0 Å². The number of benzene rings is 3. The molecule has 2 N–H and O–H groups in total. The maximum Gasteiger partial charge on any atom is 0.336 e. The normalized spacial score (nSPS) is 11.2. The average Bonchev–Trinajstić information content (AvgIpc) is 3.41. The average molecular weight is 434 g/mol. The van der Waals surface area contributed by atoms with Gasteiger partial charge in [0.2, 0.25) is 0 Å². The molecule has 10 heteroatoms. The van der Waals surface area contributed by atoms with Gasteiger partial charge in [-0.3, -0.25) is 0 Å². The van der Waals surface area contributed by atoms with Crippen molar-refractivity contribution in [3.8, 4) is 22.3 Å². The fourth-order valence-electron chi connectivity index (χ4n) is 3.45. The number of aromatic nitrogens is 4. The number of fused-ring (bicyclic) bond motifs is 2. The summed E-state index contributed by atoms with van der Waals surface area (Å²) in [5.41, 5.74) is 4.78. The first-order chi connectivity index (χ1) is 14.5. The zero-order valence-electron chi connectivity index (χ0n) is 14.9. The van der Waals surface area contributed by atoms with Crippen molar-refractivity contribution in [3.63, 3.8) is 0 Å². The number of carboxylic acid groups (broad SMARTS) is 2. The minimum absolute atomic E-state index is 0.125. The molecule has 0 saturated carbocycles. The van der Waals surface area contributed by atoms with Crippen LogP contribution in [0.5, 0.6) is 0 Å². The lowest BCUT2D eigenvalue weighted by Crippen LogP contribution is -2.01. The van der Waals surface area contributed by atoms with Crippen LogP contribution in [0.2, 0.25) is 0 Å². The van der Waals surface area contributed by atoms with Gasteiger partial charge in [0.1, 0.15) is 22.1 Å². The zero-order chi connectivity index (χ0) is 20.8. The van der Waals surface area contributed by atoms with E-state index in [-0.39, 0.29) is 11.1 Å².